The molecular weight excluding hydrogens is 324 g/mol. The fraction of sp³-hybridized carbons (Fsp3) is 0.429. The van der Waals surface area contributed by atoms with Gasteiger partial charge in [0.2, 0.25) is 0 Å². The number of carbonyl (C=O) groups is 2. The predicted octanol–water partition coefficient (Wildman–Crippen LogP) is 2.36. The van der Waals surface area contributed by atoms with Crippen molar-refractivity contribution < 1.29 is 14.3 Å². The minimum atomic E-state index is -0.555. The number of hydrogen-bond acceptors (Lipinski definition) is 4. The molecule has 0 atom stereocenters. The van der Waals surface area contributed by atoms with Gasteiger partial charge in [-0.1, -0.05) is 15.9 Å². The van der Waals surface area contributed by atoms with Gasteiger partial charge in [-0.15, -0.1) is 0 Å². The predicted molar refractivity (Wildman–Crippen MR) is 81.5 cm³/mol. The van der Waals surface area contributed by atoms with Gasteiger partial charge in [0.25, 0.3) is 5.91 Å². The standard InChI is InChI=1S/C14H19BrN2O3/c1-8(2)17(4)13(18)7-20-14(19)11-5-10(15)6-12(16)9(11)3/h5-6,8H,7,16H2,1-4H3. The summed E-state index contributed by atoms with van der Waals surface area (Å²) in [4.78, 5) is 25.3. The summed E-state index contributed by atoms with van der Waals surface area (Å²) < 4.78 is 5.74. The third-order valence-electron chi connectivity index (χ3n) is 3.13. The molecule has 0 unspecified atom stereocenters. The van der Waals surface area contributed by atoms with E-state index in [0.717, 1.165) is 0 Å². The fourth-order valence-electron chi connectivity index (χ4n) is 1.51. The summed E-state index contributed by atoms with van der Waals surface area (Å²) in [6.45, 7) is 5.23. The van der Waals surface area contributed by atoms with Crippen molar-refractivity contribution in [1.29, 1.82) is 0 Å². The monoisotopic (exact) mass is 342 g/mol. The number of benzene rings is 1. The van der Waals surface area contributed by atoms with Gasteiger partial charge in [0.05, 0.1) is 5.56 Å². The molecule has 0 spiro atoms. The van der Waals surface area contributed by atoms with E-state index in [4.69, 9.17) is 10.5 Å². The van der Waals surface area contributed by atoms with Crippen molar-refractivity contribution in [3.63, 3.8) is 0 Å². The average molecular weight is 343 g/mol. The number of amides is 1. The van der Waals surface area contributed by atoms with Crippen molar-refractivity contribution in [2.24, 2.45) is 0 Å². The quantitative estimate of drug-likeness (QED) is 0.673. The minimum absolute atomic E-state index is 0.0597. The molecule has 2 N–H and O–H groups in total. The number of esters is 1. The third kappa shape index (κ3) is 3.96. The lowest BCUT2D eigenvalue weighted by atomic mass is 10.1. The topological polar surface area (TPSA) is 72.6 Å². The Kier molecular flexibility index (Phi) is 5.56. The number of anilines is 1. The van der Waals surface area contributed by atoms with Gasteiger partial charge < -0.3 is 15.4 Å². The zero-order valence-corrected chi connectivity index (χ0v) is 13.7. The van der Waals surface area contributed by atoms with Crippen LogP contribution in [0.2, 0.25) is 0 Å². The van der Waals surface area contributed by atoms with Crippen LogP contribution in [0.1, 0.15) is 29.8 Å². The first-order chi connectivity index (χ1) is 9.23. The summed E-state index contributed by atoms with van der Waals surface area (Å²) in [6, 6.07) is 3.40. The molecule has 0 fully saturated rings. The summed E-state index contributed by atoms with van der Waals surface area (Å²) in [5, 5.41) is 0. The molecule has 0 saturated carbocycles. The number of rotatable bonds is 4. The molecule has 0 aliphatic carbocycles. The van der Waals surface area contributed by atoms with Gasteiger partial charge in [-0.25, -0.2) is 4.79 Å². The maximum atomic E-state index is 12.0. The normalized spacial score (nSPS) is 10.5. The highest BCUT2D eigenvalue weighted by atomic mass is 79.9. The second kappa shape index (κ2) is 6.74. The number of nitrogens with two attached hydrogens (primary N) is 1. The zero-order valence-electron chi connectivity index (χ0n) is 12.1. The first kappa shape index (κ1) is 16.5. The number of hydrogen-bond donors (Lipinski definition) is 1. The second-order valence-corrected chi connectivity index (χ2v) is 5.76. The van der Waals surface area contributed by atoms with Gasteiger partial charge in [-0.3, -0.25) is 4.79 Å². The van der Waals surface area contributed by atoms with E-state index in [-0.39, 0.29) is 18.6 Å². The molecular formula is C14H19BrN2O3. The molecule has 0 aliphatic rings. The lowest BCUT2D eigenvalue weighted by Crippen LogP contribution is -2.36. The van der Waals surface area contributed by atoms with Crippen molar-refractivity contribution in [2.75, 3.05) is 19.4 Å². The van der Waals surface area contributed by atoms with Gasteiger partial charge in [0.1, 0.15) is 0 Å². The summed E-state index contributed by atoms with van der Waals surface area (Å²) >= 11 is 3.27. The number of halogens is 1. The lowest BCUT2D eigenvalue weighted by molar-refractivity contribution is -0.134. The molecule has 5 nitrogen and oxygen atoms in total. The van der Waals surface area contributed by atoms with Gasteiger partial charge in [0.15, 0.2) is 6.61 Å². The maximum absolute atomic E-state index is 12.0. The van der Waals surface area contributed by atoms with Gasteiger partial charge in [0, 0.05) is 23.2 Å². The Hall–Kier alpha value is -1.56. The molecule has 20 heavy (non-hydrogen) atoms. The average Bonchev–Trinajstić information content (AvgIpc) is 2.38. The molecule has 0 bridgehead atoms. The highest BCUT2D eigenvalue weighted by Crippen LogP contribution is 2.23. The molecule has 0 aliphatic heterocycles. The van der Waals surface area contributed by atoms with Crippen molar-refractivity contribution >= 4 is 33.5 Å². The van der Waals surface area contributed by atoms with Crippen LogP contribution in [0, 0.1) is 6.92 Å². The van der Waals surface area contributed by atoms with Crippen molar-refractivity contribution in [1.82, 2.24) is 4.90 Å². The van der Waals surface area contributed by atoms with E-state index in [1.54, 1.807) is 26.1 Å². The van der Waals surface area contributed by atoms with Crippen LogP contribution >= 0.6 is 15.9 Å². The highest BCUT2D eigenvalue weighted by molar-refractivity contribution is 9.10. The first-order valence-electron chi connectivity index (χ1n) is 6.22. The largest absolute Gasteiger partial charge is 0.452 e. The Morgan fingerprint density at radius 1 is 1.40 bits per heavy atom. The molecule has 0 heterocycles. The van der Waals surface area contributed by atoms with Crippen LogP contribution in [0.25, 0.3) is 0 Å². The molecule has 0 saturated heterocycles. The summed E-state index contributed by atoms with van der Waals surface area (Å²) in [6.07, 6.45) is 0. The van der Waals surface area contributed by atoms with Gasteiger partial charge in [-0.2, -0.15) is 0 Å². The molecule has 0 radical (unpaired) electrons. The lowest BCUT2D eigenvalue weighted by Gasteiger charge is -2.21. The zero-order chi connectivity index (χ0) is 15.4. The fourth-order valence-corrected chi connectivity index (χ4v) is 1.98. The van der Waals surface area contributed by atoms with Crippen molar-refractivity contribution in [3.8, 4) is 0 Å². The summed E-state index contributed by atoms with van der Waals surface area (Å²) in [7, 11) is 1.67. The van der Waals surface area contributed by atoms with Crippen LogP contribution in [0.15, 0.2) is 16.6 Å². The van der Waals surface area contributed by atoms with Crippen LogP contribution in [0.3, 0.4) is 0 Å². The maximum Gasteiger partial charge on any atom is 0.339 e. The first-order valence-corrected chi connectivity index (χ1v) is 7.01. The number of nitrogen functional groups attached to an aromatic ring is 1. The third-order valence-corrected chi connectivity index (χ3v) is 3.59. The van der Waals surface area contributed by atoms with Crippen molar-refractivity contribution in [3.05, 3.63) is 27.7 Å². The smallest absolute Gasteiger partial charge is 0.339 e. The number of likely N-dealkylation sites (N-methyl/N-ethyl adjacent to an activating group) is 1. The Labute approximate surface area is 127 Å². The SMILES string of the molecule is Cc1c(N)cc(Br)cc1C(=O)OCC(=O)N(C)C(C)C. The van der Waals surface area contributed by atoms with E-state index in [1.165, 1.54) is 4.90 Å². The molecule has 1 rings (SSSR count). The van der Waals surface area contributed by atoms with Gasteiger partial charge >= 0.3 is 5.97 Å². The Bertz CT molecular complexity index is 529. The van der Waals surface area contributed by atoms with E-state index in [2.05, 4.69) is 15.9 Å². The number of carbonyl (C=O) groups excluding carboxylic acids is 2. The molecule has 1 aromatic carbocycles. The van der Waals surface area contributed by atoms with Crippen LogP contribution in [0.5, 0.6) is 0 Å². The molecule has 6 heteroatoms. The molecule has 0 aromatic heterocycles. The van der Waals surface area contributed by atoms with E-state index in [1.807, 2.05) is 13.8 Å². The highest BCUT2D eigenvalue weighted by Gasteiger charge is 2.17. The van der Waals surface area contributed by atoms with E-state index in [9.17, 15) is 9.59 Å². The van der Waals surface area contributed by atoms with Gasteiger partial charge in [-0.05, 0) is 38.5 Å². The number of ether oxygens (including phenoxy) is 1. The minimum Gasteiger partial charge on any atom is -0.452 e. The van der Waals surface area contributed by atoms with Crippen molar-refractivity contribution in [2.45, 2.75) is 26.8 Å². The number of nitrogens with zero attached hydrogens (tertiary/aromatic N) is 1. The van der Waals surface area contributed by atoms with E-state index >= 15 is 0 Å². The second-order valence-electron chi connectivity index (χ2n) is 4.84. The Morgan fingerprint density at radius 3 is 2.55 bits per heavy atom. The van der Waals surface area contributed by atoms with Crippen LogP contribution < -0.4 is 5.73 Å². The van der Waals surface area contributed by atoms with E-state index in [0.29, 0.717) is 21.3 Å². The van der Waals surface area contributed by atoms with Crippen LogP contribution in [-0.4, -0.2) is 36.5 Å². The Balaban J connectivity index is 2.76. The van der Waals surface area contributed by atoms with E-state index < -0.39 is 5.97 Å². The molecule has 1 amide bonds. The van der Waals surface area contributed by atoms with Crippen LogP contribution in [-0.2, 0) is 9.53 Å². The molecule has 1 aromatic rings. The summed E-state index contributed by atoms with van der Waals surface area (Å²) in [5.74, 6) is -0.796. The Morgan fingerprint density at radius 2 is 2.00 bits per heavy atom. The van der Waals surface area contributed by atoms with Crippen LogP contribution in [0.4, 0.5) is 5.69 Å². The summed E-state index contributed by atoms with van der Waals surface area (Å²) in [5.41, 5.74) is 7.29. The molecule has 110 valence electrons.